The summed E-state index contributed by atoms with van der Waals surface area (Å²) in [5.74, 6) is 0.661. The third kappa shape index (κ3) is 3.46. The number of hydrogen-bond acceptors (Lipinski definition) is 4. The Morgan fingerprint density at radius 1 is 0.385 bits per heavy atom. The summed E-state index contributed by atoms with van der Waals surface area (Å²) < 4.78 is 37.3. The normalized spacial score (nSPS) is 29.0. The van der Waals surface area contributed by atoms with Crippen molar-refractivity contribution in [2.45, 2.75) is 73.0 Å². The van der Waals surface area contributed by atoms with E-state index >= 15 is 0 Å². The molecule has 13 rings (SSSR count). The molecule has 258 valence electrons. The summed E-state index contributed by atoms with van der Waals surface area (Å²) in [4.78, 5) is 41.7. The molecule has 0 radical (unpaired) electrons. The number of benzene rings is 5. The van der Waals surface area contributed by atoms with Crippen molar-refractivity contribution >= 4 is 15.6 Å². The maximum Gasteiger partial charge on any atom is 0.524 e. The van der Waals surface area contributed by atoms with E-state index in [4.69, 9.17) is 9.05 Å². The first-order valence-electron chi connectivity index (χ1n) is 18.3. The van der Waals surface area contributed by atoms with Crippen molar-refractivity contribution < 1.29 is 37.8 Å². The van der Waals surface area contributed by atoms with Gasteiger partial charge in [0.05, 0.1) is 0 Å². The molecule has 0 saturated heterocycles. The monoisotopic (exact) mass is 726 g/mol. The minimum Gasteiger partial charge on any atom is -0.404 e. The first kappa shape index (κ1) is 29.5. The molecule has 0 spiro atoms. The second-order valence-corrected chi connectivity index (χ2v) is 18.6. The first-order valence-corrected chi connectivity index (χ1v) is 21.3. The van der Waals surface area contributed by atoms with E-state index in [1.807, 2.05) is 0 Å². The maximum atomic E-state index is 12.8. The van der Waals surface area contributed by atoms with Gasteiger partial charge in [0.2, 0.25) is 0 Å². The molecule has 10 heteroatoms. The molecule has 4 N–H and O–H groups in total. The van der Waals surface area contributed by atoms with E-state index in [0.29, 0.717) is 58.8 Å². The van der Waals surface area contributed by atoms with Crippen molar-refractivity contribution in [1.82, 2.24) is 0 Å². The molecule has 8 unspecified atom stereocenters. The van der Waals surface area contributed by atoms with Crippen molar-refractivity contribution in [3.63, 3.8) is 0 Å². The van der Waals surface area contributed by atoms with Gasteiger partial charge in [0.15, 0.2) is 0 Å². The zero-order chi connectivity index (χ0) is 34.7. The number of phosphoric ester groups is 2. The van der Waals surface area contributed by atoms with Crippen LogP contribution in [-0.4, -0.2) is 19.6 Å². The fraction of sp³-hybridized carbons (Fsp3) is 0.286. The van der Waals surface area contributed by atoms with Gasteiger partial charge in [-0.25, -0.2) is 9.13 Å². The van der Waals surface area contributed by atoms with Gasteiger partial charge in [-0.1, -0.05) is 72.8 Å². The third-order valence-electron chi connectivity index (χ3n) is 14.3. The predicted molar refractivity (Wildman–Crippen MR) is 191 cm³/mol. The molecule has 0 saturated carbocycles. The van der Waals surface area contributed by atoms with Crippen LogP contribution in [-0.2, 0) is 9.13 Å². The Bertz CT molecular complexity index is 2340. The largest absolute Gasteiger partial charge is 0.524 e. The van der Waals surface area contributed by atoms with E-state index in [-0.39, 0.29) is 35.2 Å². The van der Waals surface area contributed by atoms with E-state index in [1.165, 1.54) is 44.5 Å². The standard InChI is InChI=1S/C42H32O8P2/c43-51(44,45)49-41-37-33-15-34(30-12-26-22-9-21(25(26)11-29(30)33)17-5-1-2-6-18(17)22)38(37)42(50-52(46,47)48)40-36-16-35(39(40)41)31-13-27-23-10-24(28(27)14-32(31)36)20-8-4-3-7-19(20)23/h1-8,11-14,21-24,33-36H,9-10,15-16H2,(H2,43,44,45)(H2,46,47,48). The van der Waals surface area contributed by atoms with Gasteiger partial charge in [-0.05, 0) is 92.4 Å². The molecule has 8 bridgehead atoms. The van der Waals surface area contributed by atoms with Crippen LogP contribution >= 0.6 is 15.6 Å². The van der Waals surface area contributed by atoms with E-state index < -0.39 is 15.6 Å². The summed E-state index contributed by atoms with van der Waals surface area (Å²) in [6.45, 7) is 0. The fourth-order valence-electron chi connectivity index (χ4n) is 12.9. The topological polar surface area (TPSA) is 134 Å². The zero-order valence-electron chi connectivity index (χ0n) is 27.7. The molecule has 5 aromatic rings. The molecule has 0 aliphatic heterocycles. The van der Waals surface area contributed by atoms with Gasteiger partial charge in [0.1, 0.15) is 11.5 Å². The summed E-state index contributed by atoms with van der Waals surface area (Å²) in [7, 11) is -10.1. The highest BCUT2D eigenvalue weighted by Gasteiger charge is 2.56. The summed E-state index contributed by atoms with van der Waals surface area (Å²) in [6, 6.07) is 26.6. The van der Waals surface area contributed by atoms with Crippen LogP contribution in [0, 0.1) is 0 Å². The summed E-state index contributed by atoms with van der Waals surface area (Å²) in [5, 5.41) is 0. The minimum atomic E-state index is -5.03. The highest BCUT2D eigenvalue weighted by molar-refractivity contribution is 7.47. The molecule has 8 nitrogen and oxygen atoms in total. The van der Waals surface area contributed by atoms with Crippen molar-refractivity contribution in [1.29, 1.82) is 0 Å². The van der Waals surface area contributed by atoms with E-state index in [1.54, 1.807) is 0 Å². The molecule has 0 heterocycles. The summed E-state index contributed by atoms with van der Waals surface area (Å²) >= 11 is 0. The molecule has 8 aliphatic carbocycles. The number of fused-ring (bicyclic) bond motifs is 32. The van der Waals surface area contributed by atoms with Crippen LogP contribution in [0.25, 0.3) is 0 Å². The molecule has 0 amide bonds. The van der Waals surface area contributed by atoms with Gasteiger partial charge in [0.25, 0.3) is 0 Å². The van der Waals surface area contributed by atoms with Crippen LogP contribution in [0.2, 0.25) is 0 Å². The van der Waals surface area contributed by atoms with E-state index in [2.05, 4.69) is 72.8 Å². The Labute approximate surface area is 298 Å². The molecular weight excluding hydrogens is 694 g/mol. The Balaban J connectivity index is 1.03. The maximum absolute atomic E-state index is 12.8. The van der Waals surface area contributed by atoms with Gasteiger partial charge in [-0.15, -0.1) is 0 Å². The Hall–Kier alpha value is -4.00. The number of phosphoric acid groups is 2. The lowest BCUT2D eigenvalue weighted by Gasteiger charge is -2.33. The van der Waals surface area contributed by atoms with Crippen molar-refractivity contribution in [3.8, 4) is 11.5 Å². The second-order valence-electron chi connectivity index (χ2n) is 16.3. The average Bonchev–Trinajstić information content (AvgIpc) is 3.98. The lowest BCUT2D eigenvalue weighted by atomic mass is 9.74. The highest BCUT2D eigenvalue weighted by Crippen LogP contribution is 2.73. The average molecular weight is 727 g/mol. The van der Waals surface area contributed by atoms with Crippen molar-refractivity contribution in [2.24, 2.45) is 0 Å². The first-order chi connectivity index (χ1) is 25.0. The summed E-state index contributed by atoms with van der Waals surface area (Å²) in [6.07, 6.45) is 3.33. The van der Waals surface area contributed by atoms with Crippen LogP contribution in [0.1, 0.15) is 162 Å². The number of rotatable bonds is 4. The van der Waals surface area contributed by atoms with Crippen molar-refractivity contribution in [3.05, 3.63) is 162 Å². The van der Waals surface area contributed by atoms with Gasteiger partial charge >= 0.3 is 15.6 Å². The van der Waals surface area contributed by atoms with Crippen LogP contribution in [0.15, 0.2) is 72.8 Å². The quantitative estimate of drug-likeness (QED) is 0.136. The van der Waals surface area contributed by atoms with Crippen LogP contribution < -0.4 is 9.05 Å². The highest BCUT2D eigenvalue weighted by atomic mass is 31.2. The van der Waals surface area contributed by atoms with Gasteiger partial charge < -0.3 is 9.05 Å². The van der Waals surface area contributed by atoms with E-state index in [9.17, 15) is 28.7 Å². The van der Waals surface area contributed by atoms with Crippen LogP contribution in [0.4, 0.5) is 0 Å². The van der Waals surface area contributed by atoms with Crippen molar-refractivity contribution in [2.75, 3.05) is 0 Å². The van der Waals surface area contributed by atoms with Gasteiger partial charge in [-0.2, -0.15) is 0 Å². The van der Waals surface area contributed by atoms with E-state index in [0.717, 1.165) is 35.1 Å². The van der Waals surface area contributed by atoms with Crippen LogP contribution in [0.3, 0.4) is 0 Å². The molecule has 0 fully saturated rings. The fourth-order valence-corrected chi connectivity index (χ4v) is 13.7. The predicted octanol–water partition coefficient (Wildman–Crippen LogP) is 8.55. The smallest absolute Gasteiger partial charge is 0.404 e. The molecule has 52 heavy (non-hydrogen) atoms. The summed E-state index contributed by atoms with van der Waals surface area (Å²) in [5.41, 5.74) is 17.7. The number of hydrogen-bond donors (Lipinski definition) is 4. The third-order valence-corrected chi connectivity index (χ3v) is 15.2. The lowest BCUT2D eigenvalue weighted by Crippen LogP contribution is -2.16. The molecule has 8 aliphatic rings. The minimum absolute atomic E-state index is 0.187. The van der Waals surface area contributed by atoms with Gasteiger partial charge in [-0.3, -0.25) is 19.6 Å². The lowest BCUT2D eigenvalue weighted by molar-refractivity contribution is 0.275. The SMILES string of the molecule is O=P(O)(O)Oc1c2c(c(OP(=O)(O)O)c3c1C1CC3c3cc4c(cc31)C1CC4c3ccccc31)C1CC2c2cc3c(cc21)C1CC3c2ccccc21. The molecule has 8 atom stereocenters. The van der Waals surface area contributed by atoms with Crippen LogP contribution in [0.5, 0.6) is 11.5 Å². The Kier molecular flexibility index (Phi) is 5.21. The zero-order valence-corrected chi connectivity index (χ0v) is 29.5. The van der Waals surface area contributed by atoms with Gasteiger partial charge in [0, 0.05) is 69.6 Å². The molecule has 5 aromatic carbocycles. The Morgan fingerprint density at radius 3 is 0.865 bits per heavy atom. The second kappa shape index (κ2) is 9.19. The molecule has 0 aromatic heterocycles. The Morgan fingerprint density at radius 2 is 0.615 bits per heavy atom. The molecular formula is C42H32O8P2.